The number of benzene rings is 2. The molecule has 0 aliphatic carbocycles. The Kier molecular flexibility index (Phi) is 6.29. The average Bonchev–Trinajstić information content (AvgIpc) is 2.79. The summed E-state index contributed by atoms with van der Waals surface area (Å²) in [5, 5.41) is 8.60. The number of halogens is 3. The number of sulfonamides is 1. The van der Waals surface area contributed by atoms with E-state index in [0.29, 0.717) is 23.2 Å². The van der Waals surface area contributed by atoms with Crippen molar-refractivity contribution in [1.82, 2.24) is 10.2 Å². The normalized spacial score (nSPS) is 15.5. The van der Waals surface area contributed by atoms with E-state index in [4.69, 9.17) is 0 Å². The number of hydrogen-bond donors (Lipinski definition) is 1. The van der Waals surface area contributed by atoms with Crippen LogP contribution in [0.5, 0.6) is 0 Å². The number of nitrogens with one attached hydrogen (secondary N) is 1. The number of aromatic nitrogens is 2. The molecular formula is C23H23F3N4O2S. The maximum Gasteiger partial charge on any atom is 0.416 e. The quantitative estimate of drug-likeness (QED) is 0.548. The van der Waals surface area contributed by atoms with Gasteiger partial charge in [-0.1, -0.05) is 25.1 Å². The summed E-state index contributed by atoms with van der Waals surface area (Å²) in [4.78, 5) is 1.72. The highest BCUT2D eigenvalue weighted by molar-refractivity contribution is 7.92. The summed E-state index contributed by atoms with van der Waals surface area (Å²) in [6.45, 7) is 4.10. The number of rotatable bonds is 5. The van der Waals surface area contributed by atoms with Crippen molar-refractivity contribution in [3.8, 4) is 11.3 Å². The lowest BCUT2D eigenvalue weighted by atomic mass is 9.99. The average molecular weight is 477 g/mol. The molecule has 2 aromatic carbocycles. The van der Waals surface area contributed by atoms with Gasteiger partial charge in [0, 0.05) is 24.3 Å². The number of hydrogen-bond acceptors (Lipinski definition) is 5. The third-order valence-corrected chi connectivity index (χ3v) is 7.02. The van der Waals surface area contributed by atoms with E-state index in [1.54, 1.807) is 18.2 Å². The van der Waals surface area contributed by atoms with E-state index >= 15 is 0 Å². The van der Waals surface area contributed by atoms with Gasteiger partial charge in [-0.05, 0) is 61.2 Å². The Hall–Kier alpha value is -3.14. The fourth-order valence-corrected chi connectivity index (χ4v) is 4.78. The fraction of sp³-hybridized carbons (Fsp3) is 0.304. The number of piperidine rings is 1. The van der Waals surface area contributed by atoms with Gasteiger partial charge in [0.05, 0.1) is 16.2 Å². The van der Waals surface area contributed by atoms with E-state index in [0.717, 1.165) is 49.9 Å². The molecule has 10 heteroatoms. The van der Waals surface area contributed by atoms with Crippen LogP contribution in [0, 0.1) is 5.92 Å². The molecule has 174 valence electrons. The summed E-state index contributed by atoms with van der Waals surface area (Å²) in [7, 11) is -4.21. The summed E-state index contributed by atoms with van der Waals surface area (Å²) < 4.78 is 66.5. The second-order valence-electron chi connectivity index (χ2n) is 8.16. The Morgan fingerprint density at radius 2 is 1.70 bits per heavy atom. The molecule has 1 N–H and O–H groups in total. The minimum atomic E-state index is -4.64. The van der Waals surface area contributed by atoms with Gasteiger partial charge in [-0.3, -0.25) is 4.72 Å². The molecule has 1 fully saturated rings. The lowest BCUT2D eigenvalue weighted by Crippen LogP contribution is -2.33. The van der Waals surface area contributed by atoms with Crippen LogP contribution in [0.15, 0.2) is 65.6 Å². The van der Waals surface area contributed by atoms with Gasteiger partial charge >= 0.3 is 6.18 Å². The molecule has 0 spiro atoms. The molecule has 0 bridgehead atoms. The van der Waals surface area contributed by atoms with Crippen LogP contribution in [0.25, 0.3) is 11.3 Å². The van der Waals surface area contributed by atoms with Crippen molar-refractivity contribution >= 4 is 21.5 Å². The first-order chi connectivity index (χ1) is 15.6. The largest absolute Gasteiger partial charge is 0.416 e. The van der Waals surface area contributed by atoms with Crippen molar-refractivity contribution in [2.75, 3.05) is 22.7 Å². The topological polar surface area (TPSA) is 75.2 Å². The smallest absolute Gasteiger partial charge is 0.355 e. The molecule has 33 heavy (non-hydrogen) atoms. The van der Waals surface area contributed by atoms with E-state index in [1.807, 2.05) is 12.1 Å². The van der Waals surface area contributed by atoms with E-state index in [-0.39, 0.29) is 5.69 Å². The van der Waals surface area contributed by atoms with Crippen molar-refractivity contribution in [1.29, 1.82) is 0 Å². The predicted molar refractivity (Wildman–Crippen MR) is 120 cm³/mol. The van der Waals surface area contributed by atoms with Crippen LogP contribution < -0.4 is 9.62 Å². The first kappa shape index (κ1) is 23.0. The highest BCUT2D eigenvalue weighted by Gasteiger charge is 2.31. The first-order valence-corrected chi connectivity index (χ1v) is 12.0. The zero-order valence-electron chi connectivity index (χ0n) is 17.9. The Labute approximate surface area is 190 Å². The molecule has 0 unspecified atom stereocenters. The predicted octanol–water partition coefficient (Wildman–Crippen LogP) is 5.20. The van der Waals surface area contributed by atoms with Crippen LogP contribution in [0.4, 0.5) is 24.7 Å². The SMILES string of the molecule is CC1CCN(c2ccc(-c3cccc(NS(=O)(=O)c4cccc(C(F)(F)F)c4)c3)nn2)CC1. The van der Waals surface area contributed by atoms with Gasteiger partial charge in [-0.25, -0.2) is 8.42 Å². The molecule has 0 radical (unpaired) electrons. The molecule has 2 heterocycles. The number of anilines is 2. The summed E-state index contributed by atoms with van der Waals surface area (Å²) in [5.41, 5.74) is 0.369. The highest BCUT2D eigenvalue weighted by Crippen LogP contribution is 2.31. The summed E-state index contributed by atoms with van der Waals surface area (Å²) in [5.74, 6) is 1.50. The monoisotopic (exact) mass is 476 g/mol. The van der Waals surface area contributed by atoms with Crippen LogP contribution >= 0.6 is 0 Å². The molecular weight excluding hydrogens is 453 g/mol. The molecule has 1 aliphatic heterocycles. The van der Waals surface area contributed by atoms with Gasteiger partial charge in [-0.15, -0.1) is 10.2 Å². The van der Waals surface area contributed by atoms with Gasteiger partial charge in [0.2, 0.25) is 0 Å². The first-order valence-electron chi connectivity index (χ1n) is 10.5. The van der Waals surface area contributed by atoms with Crippen LogP contribution in [0.2, 0.25) is 0 Å². The number of alkyl halides is 3. The van der Waals surface area contributed by atoms with Crippen molar-refractivity contribution < 1.29 is 21.6 Å². The zero-order chi connectivity index (χ0) is 23.6. The fourth-order valence-electron chi connectivity index (χ4n) is 3.68. The lowest BCUT2D eigenvalue weighted by molar-refractivity contribution is -0.137. The minimum absolute atomic E-state index is 0.209. The molecule has 0 saturated carbocycles. The van der Waals surface area contributed by atoms with Crippen LogP contribution in [0.3, 0.4) is 0 Å². The van der Waals surface area contributed by atoms with Crippen LogP contribution in [0.1, 0.15) is 25.3 Å². The standard InChI is InChI=1S/C23H23F3N4O2S/c1-16-10-12-30(13-11-16)22-9-8-21(27-28-22)17-4-2-6-19(14-17)29-33(31,32)20-7-3-5-18(15-20)23(24,25)26/h2-9,14-16,29H,10-13H2,1H3. The Morgan fingerprint density at radius 1 is 0.970 bits per heavy atom. The summed E-state index contributed by atoms with van der Waals surface area (Å²) in [6.07, 6.45) is -2.42. The van der Waals surface area contributed by atoms with Crippen molar-refractivity contribution in [2.24, 2.45) is 5.92 Å². The van der Waals surface area contributed by atoms with E-state index in [2.05, 4.69) is 26.7 Å². The lowest BCUT2D eigenvalue weighted by Gasteiger charge is -2.30. The Bertz CT molecular complexity index is 1220. The second-order valence-corrected chi connectivity index (χ2v) is 9.84. The maximum atomic E-state index is 13.0. The van der Waals surface area contributed by atoms with Crippen LogP contribution in [-0.2, 0) is 16.2 Å². The molecule has 1 saturated heterocycles. The van der Waals surface area contributed by atoms with Crippen LogP contribution in [-0.4, -0.2) is 31.7 Å². The zero-order valence-corrected chi connectivity index (χ0v) is 18.7. The molecule has 1 aromatic heterocycles. The van der Waals surface area contributed by atoms with Gasteiger partial charge in [0.15, 0.2) is 5.82 Å². The van der Waals surface area contributed by atoms with E-state index in [9.17, 15) is 21.6 Å². The maximum absolute atomic E-state index is 13.0. The van der Waals surface area contributed by atoms with Gasteiger partial charge < -0.3 is 4.90 Å². The van der Waals surface area contributed by atoms with Crippen molar-refractivity contribution in [3.05, 3.63) is 66.2 Å². The molecule has 0 amide bonds. The molecule has 6 nitrogen and oxygen atoms in total. The number of nitrogens with zero attached hydrogens (tertiary/aromatic N) is 3. The van der Waals surface area contributed by atoms with Gasteiger partial charge in [0.1, 0.15) is 0 Å². The molecule has 1 aliphatic rings. The van der Waals surface area contributed by atoms with Gasteiger partial charge in [0.25, 0.3) is 10.0 Å². The van der Waals surface area contributed by atoms with E-state index in [1.165, 1.54) is 6.07 Å². The van der Waals surface area contributed by atoms with E-state index < -0.39 is 26.7 Å². The second kappa shape index (κ2) is 9.01. The minimum Gasteiger partial charge on any atom is -0.355 e. The van der Waals surface area contributed by atoms with Crippen molar-refractivity contribution in [2.45, 2.75) is 30.8 Å². The third kappa shape index (κ3) is 5.44. The van der Waals surface area contributed by atoms with Gasteiger partial charge in [-0.2, -0.15) is 13.2 Å². The highest BCUT2D eigenvalue weighted by atomic mass is 32.2. The molecule has 0 atom stereocenters. The molecule has 3 aromatic rings. The third-order valence-electron chi connectivity index (χ3n) is 5.64. The Balaban J connectivity index is 1.52. The Morgan fingerprint density at radius 3 is 2.36 bits per heavy atom. The summed E-state index contributed by atoms with van der Waals surface area (Å²) in [6, 6.07) is 13.8. The summed E-state index contributed by atoms with van der Waals surface area (Å²) >= 11 is 0. The van der Waals surface area contributed by atoms with Crippen molar-refractivity contribution in [3.63, 3.8) is 0 Å². The molecule has 4 rings (SSSR count).